The quantitative estimate of drug-likeness (QED) is 0.380. The highest BCUT2D eigenvalue weighted by molar-refractivity contribution is 5.79. The van der Waals surface area contributed by atoms with E-state index in [1.54, 1.807) is 20.4 Å². The van der Waals surface area contributed by atoms with E-state index in [-0.39, 0.29) is 0 Å². The molecule has 0 atom stereocenters. The Bertz CT molecular complexity index is 530. The molecule has 0 amide bonds. The number of nitrogens with one attached hydrogen (secondary N) is 2. The minimum atomic E-state index is 0.495. The van der Waals surface area contributed by atoms with E-state index in [2.05, 4.69) is 20.6 Å². The maximum absolute atomic E-state index is 5.67. The summed E-state index contributed by atoms with van der Waals surface area (Å²) in [4.78, 5) is 8.61. The third-order valence-electron chi connectivity index (χ3n) is 4.85. The van der Waals surface area contributed by atoms with Crippen molar-refractivity contribution in [3.05, 3.63) is 23.9 Å². The Balaban J connectivity index is 1.69. The summed E-state index contributed by atoms with van der Waals surface area (Å²) in [6.07, 6.45) is 11.4. The Morgan fingerprint density at radius 3 is 2.85 bits per heavy atom. The molecule has 0 aromatic carbocycles. The molecule has 0 spiro atoms. The Labute approximate surface area is 157 Å². The van der Waals surface area contributed by atoms with Crippen LogP contribution in [0.3, 0.4) is 0 Å². The highest BCUT2D eigenvalue weighted by Gasteiger charge is 2.12. The molecule has 6 nitrogen and oxygen atoms in total. The molecule has 1 aromatic rings. The largest absolute Gasteiger partial charge is 0.475 e. The predicted molar refractivity (Wildman–Crippen MR) is 106 cm³/mol. The van der Waals surface area contributed by atoms with Crippen LogP contribution >= 0.6 is 0 Å². The molecule has 1 saturated carbocycles. The number of hydrogen-bond donors (Lipinski definition) is 2. The van der Waals surface area contributed by atoms with E-state index in [0.29, 0.717) is 25.6 Å². The molecule has 0 aliphatic heterocycles. The van der Waals surface area contributed by atoms with E-state index in [0.717, 1.165) is 24.0 Å². The van der Waals surface area contributed by atoms with Gasteiger partial charge in [0.2, 0.25) is 5.88 Å². The van der Waals surface area contributed by atoms with Gasteiger partial charge in [-0.1, -0.05) is 38.2 Å². The zero-order valence-electron chi connectivity index (χ0n) is 16.3. The summed E-state index contributed by atoms with van der Waals surface area (Å²) < 4.78 is 10.7. The summed E-state index contributed by atoms with van der Waals surface area (Å²) in [5.74, 6) is 2.40. The predicted octanol–water partition coefficient (Wildman–Crippen LogP) is 3.13. The number of rotatable bonds is 10. The number of pyridine rings is 1. The van der Waals surface area contributed by atoms with E-state index in [9.17, 15) is 0 Å². The molecule has 2 N–H and O–H groups in total. The molecule has 0 bridgehead atoms. The van der Waals surface area contributed by atoms with Gasteiger partial charge in [-0.2, -0.15) is 0 Å². The van der Waals surface area contributed by atoms with Crippen LogP contribution in [-0.2, 0) is 11.3 Å². The summed E-state index contributed by atoms with van der Waals surface area (Å²) >= 11 is 0. The first-order valence-electron chi connectivity index (χ1n) is 9.83. The van der Waals surface area contributed by atoms with Crippen LogP contribution in [0.5, 0.6) is 5.88 Å². The number of aliphatic imine (C=N–C) groups is 1. The molecule has 1 fully saturated rings. The summed E-state index contributed by atoms with van der Waals surface area (Å²) in [6, 6.07) is 3.93. The zero-order chi connectivity index (χ0) is 18.5. The summed E-state index contributed by atoms with van der Waals surface area (Å²) in [6.45, 7) is 2.63. The van der Waals surface area contributed by atoms with Crippen molar-refractivity contribution in [3.8, 4) is 5.88 Å². The number of hydrogen-bond acceptors (Lipinski definition) is 4. The van der Waals surface area contributed by atoms with Crippen LogP contribution in [0.1, 0.15) is 50.5 Å². The second kappa shape index (κ2) is 12.5. The number of aromatic nitrogens is 1. The lowest BCUT2D eigenvalue weighted by Gasteiger charge is -2.21. The molecule has 1 heterocycles. The van der Waals surface area contributed by atoms with Gasteiger partial charge in [-0.3, -0.25) is 4.99 Å². The molecule has 1 aliphatic carbocycles. The van der Waals surface area contributed by atoms with Crippen LogP contribution in [0.15, 0.2) is 23.3 Å². The van der Waals surface area contributed by atoms with Crippen molar-refractivity contribution in [2.45, 2.75) is 51.5 Å². The second-order valence-electron chi connectivity index (χ2n) is 6.81. The Hall–Kier alpha value is -1.82. The number of nitrogens with zero attached hydrogens (tertiary/aromatic N) is 2. The van der Waals surface area contributed by atoms with Crippen LogP contribution in [0.25, 0.3) is 0 Å². The minimum absolute atomic E-state index is 0.495. The summed E-state index contributed by atoms with van der Waals surface area (Å²) in [5, 5.41) is 6.75. The van der Waals surface area contributed by atoms with Gasteiger partial charge in [0.25, 0.3) is 0 Å². The topological polar surface area (TPSA) is 67.8 Å². The van der Waals surface area contributed by atoms with Crippen molar-refractivity contribution in [2.75, 3.05) is 33.9 Å². The molecular formula is C20H34N4O2. The number of guanidine groups is 1. The maximum atomic E-state index is 5.67. The maximum Gasteiger partial charge on any atom is 0.218 e. The number of ether oxygens (including phenoxy) is 2. The zero-order valence-corrected chi connectivity index (χ0v) is 16.3. The first-order valence-corrected chi connectivity index (χ1v) is 9.83. The fourth-order valence-electron chi connectivity index (χ4n) is 3.38. The third-order valence-corrected chi connectivity index (χ3v) is 4.85. The Morgan fingerprint density at radius 1 is 1.23 bits per heavy atom. The SMILES string of the molecule is CN=C(NCCCC1CCCCC1)NCc1cccnc1OCCOC. The van der Waals surface area contributed by atoms with Crippen molar-refractivity contribution < 1.29 is 9.47 Å². The lowest BCUT2D eigenvalue weighted by Crippen LogP contribution is -2.37. The van der Waals surface area contributed by atoms with Crippen LogP contribution in [0.2, 0.25) is 0 Å². The molecule has 2 rings (SSSR count). The molecule has 0 saturated heterocycles. The van der Waals surface area contributed by atoms with Gasteiger partial charge in [0.05, 0.1) is 6.61 Å². The van der Waals surface area contributed by atoms with E-state index in [1.165, 1.54) is 44.9 Å². The van der Waals surface area contributed by atoms with Gasteiger partial charge in [-0.05, 0) is 24.8 Å². The molecule has 0 radical (unpaired) electrons. The molecule has 6 heteroatoms. The van der Waals surface area contributed by atoms with Gasteiger partial charge in [-0.15, -0.1) is 0 Å². The lowest BCUT2D eigenvalue weighted by molar-refractivity contribution is 0.143. The standard InChI is InChI=1S/C20H34N4O2/c1-21-20(23-13-6-10-17-8-4-3-5-9-17)24-16-18-11-7-12-22-19(18)26-15-14-25-2/h7,11-12,17H,3-6,8-10,13-16H2,1-2H3,(H2,21,23,24). The first kappa shape index (κ1) is 20.5. The van der Waals surface area contributed by atoms with E-state index < -0.39 is 0 Å². The van der Waals surface area contributed by atoms with Gasteiger partial charge in [0.1, 0.15) is 6.61 Å². The fraction of sp³-hybridized carbons (Fsp3) is 0.700. The summed E-state index contributed by atoms with van der Waals surface area (Å²) in [5.41, 5.74) is 1.01. The van der Waals surface area contributed by atoms with Crippen molar-refractivity contribution >= 4 is 5.96 Å². The first-order chi connectivity index (χ1) is 12.8. The van der Waals surface area contributed by atoms with Gasteiger partial charge in [0, 0.05) is 39.0 Å². The molecule has 0 unspecified atom stereocenters. The van der Waals surface area contributed by atoms with Crippen LogP contribution in [0.4, 0.5) is 0 Å². The Morgan fingerprint density at radius 2 is 2.08 bits per heavy atom. The average Bonchev–Trinajstić information content (AvgIpc) is 2.69. The third kappa shape index (κ3) is 7.60. The normalized spacial score (nSPS) is 15.7. The molecule has 1 aliphatic rings. The van der Waals surface area contributed by atoms with E-state index >= 15 is 0 Å². The van der Waals surface area contributed by atoms with Gasteiger partial charge in [0.15, 0.2) is 5.96 Å². The molecule has 1 aromatic heterocycles. The van der Waals surface area contributed by atoms with Crippen molar-refractivity contribution in [2.24, 2.45) is 10.9 Å². The minimum Gasteiger partial charge on any atom is -0.475 e. The smallest absolute Gasteiger partial charge is 0.218 e. The van der Waals surface area contributed by atoms with Crippen LogP contribution in [-0.4, -0.2) is 44.9 Å². The monoisotopic (exact) mass is 362 g/mol. The fourth-order valence-corrected chi connectivity index (χ4v) is 3.38. The van der Waals surface area contributed by atoms with Crippen molar-refractivity contribution in [1.29, 1.82) is 0 Å². The van der Waals surface area contributed by atoms with Crippen molar-refractivity contribution in [1.82, 2.24) is 15.6 Å². The van der Waals surface area contributed by atoms with Crippen LogP contribution in [0, 0.1) is 5.92 Å². The summed E-state index contributed by atoms with van der Waals surface area (Å²) in [7, 11) is 3.46. The van der Waals surface area contributed by atoms with E-state index in [1.807, 2.05) is 12.1 Å². The van der Waals surface area contributed by atoms with Crippen LogP contribution < -0.4 is 15.4 Å². The molecule has 146 valence electrons. The highest BCUT2D eigenvalue weighted by atomic mass is 16.5. The van der Waals surface area contributed by atoms with Gasteiger partial charge < -0.3 is 20.1 Å². The molecular weight excluding hydrogens is 328 g/mol. The van der Waals surface area contributed by atoms with Gasteiger partial charge in [-0.25, -0.2) is 4.98 Å². The number of methoxy groups -OCH3 is 1. The highest BCUT2D eigenvalue weighted by Crippen LogP contribution is 2.26. The molecule has 26 heavy (non-hydrogen) atoms. The van der Waals surface area contributed by atoms with Gasteiger partial charge >= 0.3 is 0 Å². The average molecular weight is 363 g/mol. The second-order valence-corrected chi connectivity index (χ2v) is 6.81. The Kier molecular flexibility index (Phi) is 9.87. The lowest BCUT2D eigenvalue weighted by atomic mass is 9.86. The van der Waals surface area contributed by atoms with Crippen molar-refractivity contribution in [3.63, 3.8) is 0 Å². The van der Waals surface area contributed by atoms with E-state index in [4.69, 9.17) is 9.47 Å².